The Kier molecular flexibility index (Phi) is 4.72. The van der Waals surface area contributed by atoms with Crippen LogP contribution < -0.4 is 14.8 Å². The van der Waals surface area contributed by atoms with Gasteiger partial charge in [0.05, 0.1) is 26.3 Å². The molecule has 0 atom stereocenters. The number of fused-ring (bicyclic) bond motifs is 1. The first-order valence-electron chi connectivity index (χ1n) is 11.5. The van der Waals surface area contributed by atoms with Gasteiger partial charge in [-0.3, -0.25) is 9.20 Å². The van der Waals surface area contributed by atoms with Gasteiger partial charge in [-0.25, -0.2) is 4.98 Å². The minimum absolute atomic E-state index is 0.0506. The second-order valence-electron chi connectivity index (χ2n) is 9.99. The van der Waals surface area contributed by atoms with Crippen molar-refractivity contribution < 1.29 is 14.3 Å². The summed E-state index contributed by atoms with van der Waals surface area (Å²) in [6, 6.07) is 5.70. The van der Waals surface area contributed by atoms with Crippen LogP contribution in [0.25, 0.3) is 16.2 Å². The van der Waals surface area contributed by atoms with Gasteiger partial charge in [-0.05, 0) is 74.5 Å². The molecule has 0 saturated heterocycles. The zero-order valence-corrected chi connectivity index (χ0v) is 19.4. The standard InChI is InChI=1S/C25H29N3O3S/c1-30-19-3-4-22(31-2)20(9-19)21-13-28-18(14-32-24(28)26-21)8-23(29)27-25-10-15-5-16(11-25)7-17(6-15)12-25/h3-4,9,13-17H,5-8,10-12H2,1-2H3,(H,27,29). The molecule has 3 aromatic rings. The van der Waals surface area contributed by atoms with Gasteiger partial charge in [-0.15, -0.1) is 11.3 Å². The normalized spacial score (nSPS) is 28.2. The number of ether oxygens (including phenoxy) is 2. The number of amides is 1. The van der Waals surface area contributed by atoms with Gasteiger partial charge in [0.25, 0.3) is 0 Å². The molecule has 1 aromatic carbocycles. The number of carbonyl (C=O) groups excluding carboxylic acids is 1. The second-order valence-corrected chi connectivity index (χ2v) is 10.8. The lowest BCUT2D eigenvalue weighted by Gasteiger charge is -2.56. The summed E-state index contributed by atoms with van der Waals surface area (Å²) >= 11 is 1.56. The fraction of sp³-hybridized carbons (Fsp3) is 0.520. The van der Waals surface area contributed by atoms with E-state index in [1.807, 2.05) is 34.2 Å². The molecular formula is C25H29N3O3S. The molecule has 0 spiro atoms. The third kappa shape index (κ3) is 3.38. The second kappa shape index (κ2) is 7.51. The lowest BCUT2D eigenvalue weighted by atomic mass is 9.53. The van der Waals surface area contributed by atoms with Crippen molar-refractivity contribution in [3.05, 3.63) is 35.5 Å². The van der Waals surface area contributed by atoms with Gasteiger partial charge in [-0.1, -0.05) is 0 Å². The molecule has 168 valence electrons. The van der Waals surface area contributed by atoms with Crippen molar-refractivity contribution >= 4 is 22.2 Å². The van der Waals surface area contributed by atoms with Crippen molar-refractivity contribution in [3.8, 4) is 22.8 Å². The van der Waals surface area contributed by atoms with Gasteiger partial charge in [0.2, 0.25) is 5.91 Å². The number of rotatable bonds is 6. The molecule has 7 rings (SSSR count). The maximum Gasteiger partial charge on any atom is 0.226 e. The number of benzene rings is 1. The Morgan fingerprint density at radius 3 is 2.53 bits per heavy atom. The Balaban J connectivity index is 1.23. The van der Waals surface area contributed by atoms with Crippen molar-refractivity contribution in [1.29, 1.82) is 0 Å². The van der Waals surface area contributed by atoms with Gasteiger partial charge in [0, 0.05) is 28.4 Å². The Labute approximate surface area is 191 Å². The molecule has 4 aliphatic carbocycles. The highest BCUT2D eigenvalue weighted by atomic mass is 32.1. The molecular weight excluding hydrogens is 422 g/mol. The summed E-state index contributed by atoms with van der Waals surface area (Å²) in [5.74, 6) is 4.11. The monoisotopic (exact) mass is 451 g/mol. The van der Waals surface area contributed by atoms with E-state index in [0.29, 0.717) is 6.42 Å². The van der Waals surface area contributed by atoms with Gasteiger partial charge < -0.3 is 14.8 Å². The average Bonchev–Trinajstić information content (AvgIpc) is 3.33. The van der Waals surface area contributed by atoms with Crippen LogP contribution in [0, 0.1) is 17.8 Å². The lowest BCUT2D eigenvalue weighted by molar-refractivity contribution is -0.126. The van der Waals surface area contributed by atoms with Crippen molar-refractivity contribution in [2.45, 2.75) is 50.5 Å². The third-order valence-electron chi connectivity index (χ3n) is 7.75. The summed E-state index contributed by atoms with van der Waals surface area (Å²) in [5, 5.41) is 5.54. The molecule has 0 radical (unpaired) electrons. The molecule has 6 nitrogen and oxygen atoms in total. The van der Waals surface area contributed by atoms with Crippen LogP contribution >= 0.6 is 11.3 Å². The van der Waals surface area contributed by atoms with Crippen molar-refractivity contribution in [3.63, 3.8) is 0 Å². The van der Waals surface area contributed by atoms with E-state index >= 15 is 0 Å². The molecule has 4 bridgehead atoms. The molecule has 1 N–H and O–H groups in total. The first-order chi connectivity index (χ1) is 15.5. The van der Waals surface area contributed by atoms with Crippen molar-refractivity contribution in [1.82, 2.24) is 14.7 Å². The maximum atomic E-state index is 13.1. The van der Waals surface area contributed by atoms with Crippen LogP contribution in [0.15, 0.2) is 29.8 Å². The van der Waals surface area contributed by atoms with E-state index in [-0.39, 0.29) is 11.4 Å². The van der Waals surface area contributed by atoms with Crippen LogP contribution in [0.5, 0.6) is 11.5 Å². The number of carbonyl (C=O) groups is 1. The van der Waals surface area contributed by atoms with Crippen LogP contribution in [-0.4, -0.2) is 35.1 Å². The van der Waals surface area contributed by atoms with Gasteiger partial charge in [0.15, 0.2) is 4.96 Å². The number of methoxy groups -OCH3 is 2. The van der Waals surface area contributed by atoms with Gasteiger partial charge in [0.1, 0.15) is 11.5 Å². The maximum absolute atomic E-state index is 13.1. The number of thiazole rings is 1. The fourth-order valence-corrected chi connectivity index (χ4v) is 7.74. The number of hydrogen-bond donors (Lipinski definition) is 1. The Hall–Kier alpha value is -2.54. The van der Waals surface area contributed by atoms with Crippen LogP contribution in [0.2, 0.25) is 0 Å². The smallest absolute Gasteiger partial charge is 0.226 e. The lowest BCUT2D eigenvalue weighted by Crippen LogP contribution is -2.60. The summed E-state index contributed by atoms with van der Waals surface area (Å²) in [6.07, 6.45) is 10.0. The van der Waals surface area contributed by atoms with Crippen molar-refractivity contribution in [2.24, 2.45) is 17.8 Å². The van der Waals surface area contributed by atoms with E-state index in [2.05, 4.69) is 5.32 Å². The first kappa shape index (κ1) is 20.1. The van der Waals surface area contributed by atoms with E-state index in [1.54, 1.807) is 25.6 Å². The molecule has 2 aromatic heterocycles. The molecule has 4 saturated carbocycles. The van der Waals surface area contributed by atoms with E-state index in [4.69, 9.17) is 14.5 Å². The summed E-state index contributed by atoms with van der Waals surface area (Å²) in [5.41, 5.74) is 2.73. The van der Waals surface area contributed by atoms with Crippen LogP contribution in [0.1, 0.15) is 44.2 Å². The largest absolute Gasteiger partial charge is 0.497 e. The first-order valence-corrected chi connectivity index (χ1v) is 12.4. The Morgan fingerprint density at radius 1 is 1.16 bits per heavy atom. The third-order valence-corrected chi connectivity index (χ3v) is 8.64. The average molecular weight is 452 g/mol. The van der Waals surface area contributed by atoms with Crippen LogP contribution in [0.4, 0.5) is 0 Å². The van der Waals surface area contributed by atoms with Crippen LogP contribution in [0.3, 0.4) is 0 Å². The summed E-state index contributed by atoms with van der Waals surface area (Å²) in [4.78, 5) is 18.8. The zero-order chi connectivity index (χ0) is 21.9. The number of nitrogens with one attached hydrogen (secondary N) is 1. The molecule has 0 unspecified atom stereocenters. The van der Waals surface area contributed by atoms with E-state index in [0.717, 1.165) is 51.2 Å². The van der Waals surface area contributed by atoms with Crippen LogP contribution in [-0.2, 0) is 11.2 Å². The van der Waals surface area contributed by atoms with Gasteiger partial charge in [-0.2, -0.15) is 0 Å². The summed E-state index contributed by atoms with van der Waals surface area (Å²) in [7, 11) is 3.31. The highest BCUT2D eigenvalue weighted by Crippen LogP contribution is 2.55. The van der Waals surface area contributed by atoms with E-state index < -0.39 is 0 Å². The molecule has 7 heteroatoms. The molecule has 4 fully saturated rings. The minimum Gasteiger partial charge on any atom is -0.497 e. The summed E-state index contributed by atoms with van der Waals surface area (Å²) in [6.45, 7) is 0. The minimum atomic E-state index is 0.0506. The topological polar surface area (TPSA) is 64.9 Å². The molecule has 0 aliphatic heterocycles. The zero-order valence-electron chi connectivity index (χ0n) is 18.6. The highest BCUT2D eigenvalue weighted by molar-refractivity contribution is 7.15. The number of hydrogen-bond acceptors (Lipinski definition) is 5. The van der Waals surface area contributed by atoms with Crippen molar-refractivity contribution in [2.75, 3.05) is 14.2 Å². The quantitative estimate of drug-likeness (QED) is 0.590. The SMILES string of the molecule is COc1ccc(OC)c(-c2cn3c(CC(=O)NC45CC6CC(CC(C6)C4)C5)csc3n2)c1. The predicted molar refractivity (Wildman–Crippen MR) is 124 cm³/mol. The molecule has 2 heterocycles. The Morgan fingerprint density at radius 2 is 1.88 bits per heavy atom. The molecule has 32 heavy (non-hydrogen) atoms. The molecule has 1 amide bonds. The molecule has 4 aliphatic rings. The Bertz CT molecular complexity index is 1150. The van der Waals surface area contributed by atoms with Gasteiger partial charge >= 0.3 is 0 Å². The highest BCUT2D eigenvalue weighted by Gasteiger charge is 2.51. The predicted octanol–water partition coefficient (Wildman–Crippen LogP) is 4.71. The number of aromatic nitrogens is 2. The number of imidazole rings is 1. The van der Waals surface area contributed by atoms with E-state index in [1.165, 1.54) is 38.5 Å². The number of nitrogens with zero attached hydrogens (tertiary/aromatic N) is 2. The fourth-order valence-electron chi connectivity index (χ4n) is 6.87. The van der Waals surface area contributed by atoms with E-state index in [9.17, 15) is 4.79 Å². The summed E-state index contributed by atoms with van der Waals surface area (Å²) < 4.78 is 13.0.